The number of thiophene rings is 1. The molecule has 0 aliphatic heterocycles. The van der Waals surface area contributed by atoms with Gasteiger partial charge in [0.1, 0.15) is 16.2 Å². The summed E-state index contributed by atoms with van der Waals surface area (Å²) in [6, 6.07) is 47.1. The van der Waals surface area contributed by atoms with E-state index in [0.717, 1.165) is 59.8 Å². The number of furan rings is 1. The molecule has 198 valence electrons. The number of anilines is 3. The molecule has 0 aliphatic rings. The number of para-hydroxylation sites is 1. The number of thiazole rings is 1. The lowest BCUT2D eigenvalue weighted by atomic mass is 10.1. The molecule has 0 fully saturated rings. The van der Waals surface area contributed by atoms with Crippen LogP contribution in [0.5, 0.6) is 0 Å². The van der Waals surface area contributed by atoms with Gasteiger partial charge in [0.2, 0.25) is 0 Å². The molecule has 0 radical (unpaired) electrons. The van der Waals surface area contributed by atoms with Crippen LogP contribution in [0, 0.1) is 0 Å². The first kappa shape index (κ1) is 23.7. The lowest BCUT2D eigenvalue weighted by Crippen LogP contribution is -2.09. The molecule has 3 nitrogen and oxygen atoms in total. The second-order valence-electron chi connectivity index (χ2n) is 10.4. The molecule has 0 saturated carbocycles. The SMILES string of the molecule is c1ccc(-c2nc3c(ccc4oc5cc(N(c6ccccc6)c6ccc7sc8ccccc8c7c6)ccc5c43)s2)cc1. The smallest absolute Gasteiger partial charge is 0.137 e. The van der Waals surface area contributed by atoms with Crippen molar-refractivity contribution in [2.45, 2.75) is 0 Å². The summed E-state index contributed by atoms with van der Waals surface area (Å²) >= 11 is 3.56. The molecule has 0 unspecified atom stereocenters. The second-order valence-corrected chi connectivity index (χ2v) is 12.5. The van der Waals surface area contributed by atoms with E-state index in [1.807, 2.05) is 17.4 Å². The molecule has 0 bridgehead atoms. The molecule has 9 rings (SSSR count). The van der Waals surface area contributed by atoms with Crippen molar-refractivity contribution in [2.75, 3.05) is 4.90 Å². The molecule has 6 aromatic carbocycles. The van der Waals surface area contributed by atoms with Gasteiger partial charge in [0.05, 0.1) is 15.6 Å². The van der Waals surface area contributed by atoms with Crippen molar-refractivity contribution in [2.24, 2.45) is 0 Å². The molecular weight excluding hydrogens is 553 g/mol. The predicted octanol–water partition coefficient (Wildman–Crippen LogP) is 11.7. The predicted molar refractivity (Wildman–Crippen MR) is 180 cm³/mol. The summed E-state index contributed by atoms with van der Waals surface area (Å²) in [4.78, 5) is 7.39. The zero-order chi connectivity index (χ0) is 27.6. The van der Waals surface area contributed by atoms with Crippen molar-refractivity contribution < 1.29 is 4.42 Å². The molecule has 0 atom stereocenters. The van der Waals surface area contributed by atoms with Gasteiger partial charge in [-0.3, -0.25) is 0 Å². The molecule has 5 heteroatoms. The average Bonchev–Trinajstić information content (AvgIpc) is 3.75. The van der Waals surface area contributed by atoms with E-state index in [4.69, 9.17) is 9.40 Å². The van der Waals surface area contributed by atoms with Crippen molar-refractivity contribution in [3.05, 3.63) is 133 Å². The van der Waals surface area contributed by atoms with Gasteiger partial charge in [-0.25, -0.2) is 4.98 Å². The lowest BCUT2D eigenvalue weighted by Gasteiger charge is -2.25. The summed E-state index contributed by atoms with van der Waals surface area (Å²) in [5.41, 5.74) is 7.10. The Hall–Kier alpha value is -4.97. The zero-order valence-electron chi connectivity index (χ0n) is 22.3. The summed E-state index contributed by atoms with van der Waals surface area (Å²) in [5, 5.41) is 5.75. The van der Waals surface area contributed by atoms with Gasteiger partial charge >= 0.3 is 0 Å². The Balaban J connectivity index is 1.23. The van der Waals surface area contributed by atoms with Crippen LogP contribution in [0.4, 0.5) is 17.1 Å². The van der Waals surface area contributed by atoms with Gasteiger partial charge in [0.15, 0.2) is 0 Å². The fourth-order valence-corrected chi connectivity index (χ4v) is 8.03. The molecule has 0 amide bonds. The minimum atomic E-state index is 0.854. The second kappa shape index (κ2) is 9.28. The van der Waals surface area contributed by atoms with Gasteiger partial charge in [-0.2, -0.15) is 0 Å². The Morgan fingerprint density at radius 3 is 2.10 bits per heavy atom. The molecule has 0 aliphatic carbocycles. The van der Waals surface area contributed by atoms with Crippen LogP contribution in [-0.2, 0) is 0 Å². The third kappa shape index (κ3) is 3.68. The highest BCUT2D eigenvalue weighted by Crippen LogP contribution is 2.43. The van der Waals surface area contributed by atoms with Crippen molar-refractivity contribution in [1.29, 1.82) is 0 Å². The van der Waals surface area contributed by atoms with Crippen LogP contribution in [0.15, 0.2) is 138 Å². The van der Waals surface area contributed by atoms with E-state index in [1.165, 1.54) is 20.2 Å². The lowest BCUT2D eigenvalue weighted by molar-refractivity contribution is 0.669. The Morgan fingerprint density at radius 1 is 0.500 bits per heavy atom. The summed E-state index contributed by atoms with van der Waals surface area (Å²) in [6.07, 6.45) is 0. The molecule has 0 saturated heterocycles. The third-order valence-electron chi connectivity index (χ3n) is 7.89. The highest BCUT2D eigenvalue weighted by molar-refractivity contribution is 7.25. The highest BCUT2D eigenvalue weighted by atomic mass is 32.1. The number of benzene rings is 6. The third-order valence-corrected chi connectivity index (χ3v) is 10.1. The number of rotatable bonds is 4. The zero-order valence-corrected chi connectivity index (χ0v) is 24.0. The fraction of sp³-hybridized carbons (Fsp3) is 0. The Labute approximate surface area is 249 Å². The van der Waals surface area contributed by atoms with Gasteiger partial charge in [-0.15, -0.1) is 22.7 Å². The van der Waals surface area contributed by atoms with Crippen LogP contribution >= 0.6 is 22.7 Å². The number of fused-ring (bicyclic) bond motifs is 8. The Bertz CT molecular complexity index is 2420. The number of aromatic nitrogens is 1. The standard InChI is InChI=1S/C37H22N2OS2/c1-3-9-23(10-4-1)37-38-36-34(42-37)20-18-30-35(36)28-17-15-26(22-31(28)40-30)39(24-11-5-2-6-12-24)25-16-19-33-29(21-25)27-13-7-8-14-32(27)41-33/h1-22H. The molecule has 9 aromatic rings. The monoisotopic (exact) mass is 574 g/mol. The molecule has 0 spiro atoms. The van der Waals surface area contributed by atoms with E-state index in [2.05, 4.69) is 132 Å². The molecule has 3 heterocycles. The maximum absolute atomic E-state index is 6.49. The van der Waals surface area contributed by atoms with Crippen molar-refractivity contribution in [1.82, 2.24) is 4.98 Å². The van der Waals surface area contributed by atoms with Gasteiger partial charge in [-0.1, -0.05) is 66.7 Å². The summed E-state index contributed by atoms with van der Waals surface area (Å²) in [5.74, 6) is 0. The molecular formula is C37H22N2OS2. The topological polar surface area (TPSA) is 29.3 Å². The summed E-state index contributed by atoms with van der Waals surface area (Å²) in [7, 11) is 0. The van der Waals surface area contributed by atoms with Gasteiger partial charge in [0, 0.05) is 54.3 Å². The fourth-order valence-electron chi connectivity index (χ4n) is 5.96. The van der Waals surface area contributed by atoms with Crippen LogP contribution in [0.25, 0.3) is 62.9 Å². The Kier molecular flexibility index (Phi) is 5.24. The highest BCUT2D eigenvalue weighted by Gasteiger charge is 2.19. The van der Waals surface area contributed by atoms with E-state index < -0.39 is 0 Å². The van der Waals surface area contributed by atoms with Crippen LogP contribution in [0.2, 0.25) is 0 Å². The van der Waals surface area contributed by atoms with Gasteiger partial charge < -0.3 is 9.32 Å². The summed E-state index contributed by atoms with van der Waals surface area (Å²) in [6.45, 7) is 0. The molecule has 0 N–H and O–H groups in total. The number of hydrogen-bond acceptors (Lipinski definition) is 5. The largest absolute Gasteiger partial charge is 0.456 e. The van der Waals surface area contributed by atoms with E-state index in [0.29, 0.717) is 0 Å². The Morgan fingerprint density at radius 2 is 1.21 bits per heavy atom. The van der Waals surface area contributed by atoms with Crippen LogP contribution in [0.3, 0.4) is 0 Å². The van der Waals surface area contributed by atoms with Crippen LogP contribution in [-0.4, -0.2) is 4.98 Å². The minimum absolute atomic E-state index is 0.854. The van der Waals surface area contributed by atoms with Crippen LogP contribution in [0.1, 0.15) is 0 Å². The maximum Gasteiger partial charge on any atom is 0.137 e. The van der Waals surface area contributed by atoms with E-state index in [-0.39, 0.29) is 0 Å². The normalized spacial score (nSPS) is 11.8. The minimum Gasteiger partial charge on any atom is -0.456 e. The summed E-state index contributed by atoms with van der Waals surface area (Å²) < 4.78 is 10.3. The molecule has 42 heavy (non-hydrogen) atoms. The molecule has 3 aromatic heterocycles. The van der Waals surface area contributed by atoms with Gasteiger partial charge in [-0.05, 0) is 60.7 Å². The van der Waals surface area contributed by atoms with Crippen molar-refractivity contribution in [3.63, 3.8) is 0 Å². The maximum atomic E-state index is 6.49. The van der Waals surface area contributed by atoms with E-state index in [9.17, 15) is 0 Å². The van der Waals surface area contributed by atoms with Gasteiger partial charge in [0.25, 0.3) is 0 Å². The first-order chi connectivity index (χ1) is 20.8. The quantitative estimate of drug-likeness (QED) is 0.209. The van der Waals surface area contributed by atoms with Crippen molar-refractivity contribution >= 4 is 92.1 Å². The number of hydrogen-bond donors (Lipinski definition) is 0. The first-order valence-electron chi connectivity index (χ1n) is 13.9. The van der Waals surface area contributed by atoms with Crippen LogP contribution < -0.4 is 4.90 Å². The average molecular weight is 575 g/mol. The van der Waals surface area contributed by atoms with E-state index >= 15 is 0 Å². The first-order valence-corrected chi connectivity index (χ1v) is 15.5. The number of nitrogens with zero attached hydrogens (tertiary/aromatic N) is 2. The van der Waals surface area contributed by atoms with E-state index in [1.54, 1.807) is 11.3 Å². The van der Waals surface area contributed by atoms with Crippen molar-refractivity contribution in [3.8, 4) is 10.6 Å².